The van der Waals surface area contributed by atoms with Crippen LogP contribution in [-0.2, 0) is 9.59 Å². The summed E-state index contributed by atoms with van der Waals surface area (Å²) in [6.45, 7) is 7.29. The lowest BCUT2D eigenvalue weighted by Gasteiger charge is -2.20. The molecule has 0 saturated heterocycles. The van der Waals surface area contributed by atoms with Crippen molar-refractivity contribution in [2.24, 2.45) is 0 Å². The summed E-state index contributed by atoms with van der Waals surface area (Å²) in [6.07, 6.45) is 0.915. The van der Waals surface area contributed by atoms with Gasteiger partial charge in [-0.05, 0) is 40.8 Å². The normalized spacial score (nSPS) is 10.8. The minimum absolute atomic E-state index is 0.0000197. The molecule has 0 aromatic rings. The zero-order valence-corrected chi connectivity index (χ0v) is 10.2. The maximum atomic E-state index is 11.1. The van der Waals surface area contributed by atoms with Crippen LogP contribution in [-0.4, -0.2) is 42.8 Å². The molecule has 0 heterocycles. The van der Waals surface area contributed by atoms with Gasteiger partial charge in [-0.3, -0.25) is 9.59 Å². The molecular formula is C11H22N2O2. The zero-order valence-electron chi connectivity index (χ0n) is 10.2. The first-order valence-corrected chi connectivity index (χ1v) is 5.40. The Kier molecular flexibility index (Phi) is 6.96. The van der Waals surface area contributed by atoms with E-state index in [0.29, 0.717) is 12.6 Å². The van der Waals surface area contributed by atoms with Crippen molar-refractivity contribution in [1.29, 1.82) is 0 Å². The lowest BCUT2D eigenvalue weighted by molar-refractivity contribution is -0.127. The SMILES string of the molecule is CC(=O)CC(=O)NCCCN(C)C(C)C. The minimum atomic E-state index is -0.172. The number of hydrogen-bond donors (Lipinski definition) is 1. The van der Waals surface area contributed by atoms with Gasteiger partial charge in [-0.1, -0.05) is 0 Å². The van der Waals surface area contributed by atoms with E-state index in [2.05, 4.69) is 31.1 Å². The van der Waals surface area contributed by atoms with Gasteiger partial charge in [0.15, 0.2) is 0 Å². The van der Waals surface area contributed by atoms with E-state index in [1.54, 1.807) is 0 Å². The number of nitrogens with zero attached hydrogens (tertiary/aromatic N) is 1. The van der Waals surface area contributed by atoms with Crippen LogP contribution in [0.4, 0.5) is 0 Å². The molecule has 0 aliphatic rings. The Morgan fingerprint density at radius 2 is 1.93 bits per heavy atom. The highest BCUT2D eigenvalue weighted by Crippen LogP contribution is 1.94. The van der Waals surface area contributed by atoms with Crippen LogP contribution >= 0.6 is 0 Å². The van der Waals surface area contributed by atoms with Crippen molar-refractivity contribution in [2.45, 2.75) is 39.7 Å². The van der Waals surface area contributed by atoms with E-state index in [1.165, 1.54) is 6.92 Å². The van der Waals surface area contributed by atoms with Crippen molar-refractivity contribution in [3.05, 3.63) is 0 Å². The highest BCUT2D eigenvalue weighted by atomic mass is 16.2. The monoisotopic (exact) mass is 214 g/mol. The first kappa shape index (κ1) is 14.1. The lowest BCUT2D eigenvalue weighted by atomic mass is 10.3. The summed E-state index contributed by atoms with van der Waals surface area (Å²) in [4.78, 5) is 23.9. The molecule has 4 nitrogen and oxygen atoms in total. The van der Waals surface area contributed by atoms with Crippen LogP contribution in [0, 0.1) is 0 Å². The molecule has 1 amide bonds. The van der Waals surface area contributed by atoms with Gasteiger partial charge in [-0.25, -0.2) is 0 Å². The van der Waals surface area contributed by atoms with E-state index < -0.39 is 0 Å². The summed E-state index contributed by atoms with van der Waals surface area (Å²) < 4.78 is 0. The first-order valence-electron chi connectivity index (χ1n) is 5.40. The van der Waals surface area contributed by atoms with Crippen LogP contribution in [0.25, 0.3) is 0 Å². The van der Waals surface area contributed by atoms with Crippen molar-refractivity contribution in [2.75, 3.05) is 20.1 Å². The van der Waals surface area contributed by atoms with E-state index in [9.17, 15) is 9.59 Å². The second-order valence-electron chi connectivity index (χ2n) is 4.16. The van der Waals surface area contributed by atoms with Crippen LogP contribution in [0.15, 0.2) is 0 Å². The smallest absolute Gasteiger partial charge is 0.227 e. The largest absolute Gasteiger partial charge is 0.356 e. The Balaban J connectivity index is 3.46. The number of nitrogens with one attached hydrogen (secondary N) is 1. The Morgan fingerprint density at radius 1 is 1.33 bits per heavy atom. The molecular weight excluding hydrogens is 192 g/mol. The molecule has 0 aliphatic heterocycles. The number of carbonyl (C=O) groups is 2. The van der Waals surface area contributed by atoms with Crippen molar-refractivity contribution in [3.63, 3.8) is 0 Å². The second-order valence-corrected chi connectivity index (χ2v) is 4.16. The van der Waals surface area contributed by atoms with E-state index >= 15 is 0 Å². The fraction of sp³-hybridized carbons (Fsp3) is 0.818. The maximum absolute atomic E-state index is 11.1. The maximum Gasteiger partial charge on any atom is 0.227 e. The van der Waals surface area contributed by atoms with Crippen LogP contribution in [0.5, 0.6) is 0 Å². The standard InChI is InChI=1S/C11H22N2O2/c1-9(2)13(4)7-5-6-12-11(15)8-10(3)14/h9H,5-8H2,1-4H3,(H,12,15). The van der Waals surface area contributed by atoms with Gasteiger partial charge < -0.3 is 10.2 Å². The van der Waals surface area contributed by atoms with Crippen molar-refractivity contribution in [3.8, 4) is 0 Å². The fourth-order valence-corrected chi connectivity index (χ4v) is 1.10. The quantitative estimate of drug-likeness (QED) is 0.504. The minimum Gasteiger partial charge on any atom is -0.356 e. The molecule has 15 heavy (non-hydrogen) atoms. The van der Waals surface area contributed by atoms with Gasteiger partial charge in [0.05, 0.1) is 6.42 Å². The molecule has 88 valence electrons. The third-order valence-corrected chi connectivity index (χ3v) is 2.30. The summed E-state index contributed by atoms with van der Waals surface area (Å²) in [5.41, 5.74) is 0. The molecule has 4 heteroatoms. The van der Waals surface area contributed by atoms with Crippen LogP contribution in [0.3, 0.4) is 0 Å². The molecule has 0 fully saturated rings. The molecule has 0 saturated carbocycles. The average Bonchev–Trinajstić information content (AvgIpc) is 2.10. The van der Waals surface area contributed by atoms with E-state index in [1.807, 2.05) is 0 Å². The van der Waals surface area contributed by atoms with Gasteiger partial charge >= 0.3 is 0 Å². The van der Waals surface area contributed by atoms with Crippen molar-refractivity contribution < 1.29 is 9.59 Å². The molecule has 0 unspecified atom stereocenters. The molecule has 0 aliphatic carbocycles. The van der Waals surface area contributed by atoms with Crippen molar-refractivity contribution in [1.82, 2.24) is 10.2 Å². The summed E-state index contributed by atoms with van der Waals surface area (Å²) >= 11 is 0. The topological polar surface area (TPSA) is 49.4 Å². The molecule has 0 bridgehead atoms. The van der Waals surface area contributed by atoms with Crippen LogP contribution in [0.1, 0.15) is 33.6 Å². The average molecular weight is 214 g/mol. The van der Waals surface area contributed by atoms with Crippen molar-refractivity contribution >= 4 is 11.7 Å². The molecule has 0 atom stereocenters. The van der Waals surface area contributed by atoms with Gasteiger partial charge in [-0.2, -0.15) is 0 Å². The Labute approximate surface area is 92.0 Å². The van der Waals surface area contributed by atoms with Crippen LogP contribution < -0.4 is 5.32 Å². The number of rotatable bonds is 7. The highest BCUT2D eigenvalue weighted by Gasteiger charge is 2.05. The Hall–Kier alpha value is -0.900. The van der Waals surface area contributed by atoms with Gasteiger partial charge in [-0.15, -0.1) is 0 Å². The Bertz CT molecular complexity index is 215. The zero-order chi connectivity index (χ0) is 11.8. The van der Waals surface area contributed by atoms with Gasteiger partial charge in [0.2, 0.25) is 5.91 Å². The predicted octanol–water partition coefficient (Wildman–Crippen LogP) is 0.812. The third-order valence-electron chi connectivity index (χ3n) is 2.30. The number of amides is 1. The predicted molar refractivity (Wildman–Crippen MR) is 60.7 cm³/mol. The number of Topliss-reactive ketones (excluding diaryl/α,β-unsaturated/α-hetero) is 1. The summed E-state index contributed by atoms with van der Waals surface area (Å²) in [6, 6.07) is 0.526. The lowest BCUT2D eigenvalue weighted by Crippen LogP contribution is -2.31. The number of hydrogen-bond acceptors (Lipinski definition) is 3. The van der Waals surface area contributed by atoms with Gasteiger partial charge in [0.1, 0.15) is 5.78 Å². The molecule has 0 rings (SSSR count). The Morgan fingerprint density at radius 3 is 2.40 bits per heavy atom. The third kappa shape index (κ3) is 8.12. The van der Waals surface area contributed by atoms with Crippen LogP contribution in [0.2, 0.25) is 0 Å². The van der Waals surface area contributed by atoms with Gasteiger partial charge in [0.25, 0.3) is 0 Å². The van der Waals surface area contributed by atoms with E-state index in [0.717, 1.165) is 13.0 Å². The molecule has 0 aromatic carbocycles. The first-order chi connectivity index (χ1) is 6.93. The molecule has 0 radical (unpaired) electrons. The number of carbonyl (C=O) groups excluding carboxylic acids is 2. The fourth-order valence-electron chi connectivity index (χ4n) is 1.10. The number of ketones is 1. The molecule has 1 N–H and O–H groups in total. The molecule has 0 aromatic heterocycles. The second kappa shape index (κ2) is 7.40. The summed E-state index contributed by atoms with van der Waals surface area (Å²) in [7, 11) is 2.06. The molecule has 0 spiro atoms. The highest BCUT2D eigenvalue weighted by molar-refractivity contribution is 5.96. The summed E-state index contributed by atoms with van der Waals surface area (Å²) in [5.74, 6) is -0.263. The van der Waals surface area contributed by atoms with Gasteiger partial charge in [0, 0.05) is 12.6 Å². The van der Waals surface area contributed by atoms with E-state index in [4.69, 9.17) is 0 Å². The summed E-state index contributed by atoms with van der Waals surface area (Å²) in [5, 5.41) is 2.72. The van der Waals surface area contributed by atoms with E-state index in [-0.39, 0.29) is 18.1 Å².